The zero-order valence-electron chi connectivity index (χ0n) is 6.33. The number of nitrogens with zero attached hydrogens (tertiary/aromatic N) is 3. The van der Waals surface area contributed by atoms with Crippen LogP contribution in [0.4, 0.5) is 11.9 Å². The van der Waals surface area contributed by atoms with E-state index in [9.17, 15) is 0 Å². The molecular formula is C5H9N5S. The van der Waals surface area contributed by atoms with Gasteiger partial charge in [-0.25, -0.2) is 0 Å². The van der Waals surface area contributed by atoms with Gasteiger partial charge in [0, 0.05) is 14.1 Å². The molecule has 11 heavy (non-hydrogen) atoms. The quantitative estimate of drug-likeness (QED) is 0.590. The van der Waals surface area contributed by atoms with Crippen LogP contribution in [0.1, 0.15) is 0 Å². The Morgan fingerprint density at radius 1 is 1.45 bits per heavy atom. The van der Waals surface area contributed by atoms with Crippen LogP contribution in [-0.2, 0) is 0 Å². The molecule has 0 radical (unpaired) electrons. The van der Waals surface area contributed by atoms with Crippen molar-refractivity contribution in [3.05, 3.63) is 4.77 Å². The van der Waals surface area contributed by atoms with E-state index < -0.39 is 0 Å². The van der Waals surface area contributed by atoms with Crippen LogP contribution in [0.5, 0.6) is 0 Å². The smallest absolute Gasteiger partial charge is 0.225 e. The summed E-state index contributed by atoms with van der Waals surface area (Å²) in [6.07, 6.45) is 0. The molecule has 0 saturated heterocycles. The second-order valence-corrected chi connectivity index (χ2v) is 2.60. The number of aromatic amines is 1. The van der Waals surface area contributed by atoms with Crippen molar-refractivity contribution in [3.63, 3.8) is 0 Å². The van der Waals surface area contributed by atoms with E-state index >= 15 is 0 Å². The fraction of sp³-hybridized carbons (Fsp3) is 0.400. The Labute approximate surface area is 69.3 Å². The van der Waals surface area contributed by atoms with E-state index in [1.54, 1.807) is 4.90 Å². The summed E-state index contributed by atoms with van der Waals surface area (Å²) in [7, 11) is 3.68. The first-order valence-electron chi connectivity index (χ1n) is 3.01. The fourth-order valence-electron chi connectivity index (χ4n) is 0.601. The van der Waals surface area contributed by atoms with Crippen molar-refractivity contribution < 1.29 is 0 Å². The largest absolute Gasteiger partial charge is 0.369 e. The molecule has 60 valence electrons. The molecule has 6 heteroatoms. The first-order valence-corrected chi connectivity index (χ1v) is 3.41. The van der Waals surface area contributed by atoms with Crippen LogP contribution >= 0.6 is 12.2 Å². The highest BCUT2D eigenvalue weighted by Gasteiger charge is 1.97. The molecule has 1 heterocycles. The van der Waals surface area contributed by atoms with E-state index in [0.717, 1.165) is 0 Å². The number of nitrogen functional groups attached to an aromatic ring is 1. The maximum absolute atomic E-state index is 5.40. The molecule has 0 amide bonds. The van der Waals surface area contributed by atoms with Gasteiger partial charge < -0.3 is 10.6 Å². The summed E-state index contributed by atoms with van der Waals surface area (Å²) in [5.74, 6) is 0.899. The lowest BCUT2D eigenvalue weighted by Crippen LogP contribution is -2.14. The lowest BCUT2D eigenvalue weighted by atomic mass is 10.8. The van der Waals surface area contributed by atoms with Gasteiger partial charge in [-0.2, -0.15) is 9.97 Å². The molecular weight excluding hydrogens is 162 g/mol. The van der Waals surface area contributed by atoms with Gasteiger partial charge in [0.15, 0.2) is 0 Å². The second kappa shape index (κ2) is 2.83. The highest BCUT2D eigenvalue weighted by molar-refractivity contribution is 7.71. The highest BCUT2D eigenvalue weighted by atomic mass is 32.1. The Balaban J connectivity index is 3.19. The van der Waals surface area contributed by atoms with Crippen LogP contribution < -0.4 is 10.6 Å². The van der Waals surface area contributed by atoms with Gasteiger partial charge in [0.05, 0.1) is 0 Å². The standard InChI is InChI=1S/C5H9N5S/c1-10(2)4-7-3(6)8-5(11)9-4/h1-2H3,(H3,6,7,8,9,11). The highest BCUT2D eigenvalue weighted by Crippen LogP contribution is 2.01. The molecule has 0 fully saturated rings. The van der Waals surface area contributed by atoms with Crippen molar-refractivity contribution in [1.82, 2.24) is 15.0 Å². The Kier molecular flexibility index (Phi) is 2.04. The number of H-pyrrole nitrogens is 1. The van der Waals surface area contributed by atoms with Gasteiger partial charge in [-0.05, 0) is 12.2 Å². The van der Waals surface area contributed by atoms with Crippen LogP contribution in [0.15, 0.2) is 0 Å². The average Bonchev–Trinajstić information content (AvgIpc) is 1.85. The number of aromatic nitrogens is 3. The molecule has 0 aliphatic rings. The Morgan fingerprint density at radius 2 is 2.09 bits per heavy atom. The monoisotopic (exact) mass is 171 g/mol. The van der Waals surface area contributed by atoms with Crippen molar-refractivity contribution in [2.75, 3.05) is 24.7 Å². The minimum atomic E-state index is 0.255. The summed E-state index contributed by atoms with van der Waals surface area (Å²) in [5, 5.41) is 0. The van der Waals surface area contributed by atoms with Crippen LogP contribution in [0.25, 0.3) is 0 Å². The molecule has 0 bridgehead atoms. The molecule has 5 nitrogen and oxygen atoms in total. The van der Waals surface area contributed by atoms with Gasteiger partial charge >= 0.3 is 0 Å². The normalized spacial score (nSPS) is 9.64. The van der Waals surface area contributed by atoms with Gasteiger partial charge in [0.25, 0.3) is 0 Å². The third kappa shape index (κ3) is 1.87. The molecule has 1 aromatic heterocycles. The number of nitrogens with one attached hydrogen (secondary N) is 1. The number of hydrogen-bond donors (Lipinski definition) is 2. The molecule has 0 aliphatic heterocycles. The third-order valence-corrected chi connectivity index (χ3v) is 1.26. The second-order valence-electron chi connectivity index (χ2n) is 2.23. The van der Waals surface area contributed by atoms with Gasteiger partial charge in [0.2, 0.25) is 16.7 Å². The first-order chi connectivity index (χ1) is 5.09. The maximum atomic E-state index is 5.40. The van der Waals surface area contributed by atoms with E-state index in [4.69, 9.17) is 18.0 Å². The summed E-state index contributed by atoms with van der Waals surface area (Å²) < 4.78 is 0.255. The molecule has 1 aromatic rings. The molecule has 0 unspecified atom stereocenters. The van der Waals surface area contributed by atoms with Crippen molar-refractivity contribution in [2.24, 2.45) is 0 Å². The number of anilines is 2. The summed E-state index contributed by atoms with van der Waals surface area (Å²) in [6.45, 7) is 0. The fourth-order valence-corrected chi connectivity index (χ4v) is 0.786. The number of nitrogens with two attached hydrogens (primary N) is 1. The molecule has 0 saturated carbocycles. The minimum Gasteiger partial charge on any atom is -0.369 e. The van der Waals surface area contributed by atoms with Crippen LogP contribution in [-0.4, -0.2) is 29.0 Å². The molecule has 0 spiro atoms. The van der Waals surface area contributed by atoms with Gasteiger partial charge in [-0.3, -0.25) is 4.98 Å². The average molecular weight is 171 g/mol. The number of hydrogen-bond acceptors (Lipinski definition) is 5. The zero-order valence-corrected chi connectivity index (χ0v) is 7.14. The van der Waals surface area contributed by atoms with Crippen LogP contribution in [0, 0.1) is 4.77 Å². The first kappa shape index (κ1) is 7.93. The third-order valence-electron chi connectivity index (χ3n) is 1.08. The SMILES string of the molecule is CN(C)c1nc(=S)nc(N)[nH]1. The lowest BCUT2D eigenvalue weighted by molar-refractivity contribution is 0.953. The summed E-state index contributed by atoms with van der Waals surface area (Å²) in [4.78, 5) is 12.2. The Bertz CT molecular complexity index is 304. The summed E-state index contributed by atoms with van der Waals surface area (Å²) in [6, 6.07) is 0. The lowest BCUT2D eigenvalue weighted by Gasteiger charge is -2.09. The van der Waals surface area contributed by atoms with Gasteiger partial charge in [0.1, 0.15) is 0 Å². The van der Waals surface area contributed by atoms with E-state index in [1.807, 2.05) is 14.1 Å². The van der Waals surface area contributed by atoms with E-state index in [0.29, 0.717) is 5.95 Å². The van der Waals surface area contributed by atoms with E-state index in [-0.39, 0.29) is 10.7 Å². The van der Waals surface area contributed by atoms with Crippen LogP contribution in [0.3, 0.4) is 0 Å². The summed E-state index contributed by atoms with van der Waals surface area (Å²) >= 11 is 4.76. The molecule has 0 aliphatic carbocycles. The van der Waals surface area contributed by atoms with E-state index in [2.05, 4.69) is 15.0 Å². The molecule has 0 atom stereocenters. The van der Waals surface area contributed by atoms with Crippen LogP contribution in [0.2, 0.25) is 0 Å². The van der Waals surface area contributed by atoms with Gasteiger partial charge in [-0.1, -0.05) is 0 Å². The van der Waals surface area contributed by atoms with Gasteiger partial charge in [-0.15, -0.1) is 0 Å². The Hall–Kier alpha value is -1.17. The van der Waals surface area contributed by atoms with Crippen molar-refractivity contribution in [1.29, 1.82) is 0 Å². The topological polar surface area (TPSA) is 70.8 Å². The minimum absolute atomic E-state index is 0.255. The van der Waals surface area contributed by atoms with Crippen molar-refractivity contribution in [2.45, 2.75) is 0 Å². The summed E-state index contributed by atoms with van der Waals surface area (Å²) in [5.41, 5.74) is 5.40. The van der Waals surface area contributed by atoms with E-state index in [1.165, 1.54) is 0 Å². The predicted molar refractivity (Wildman–Crippen MR) is 46.0 cm³/mol. The molecule has 0 aromatic carbocycles. The molecule has 1 rings (SSSR count). The maximum Gasteiger partial charge on any atom is 0.225 e. The molecule has 3 N–H and O–H groups in total. The number of rotatable bonds is 1. The Morgan fingerprint density at radius 3 is 2.55 bits per heavy atom. The zero-order chi connectivity index (χ0) is 8.43. The van der Waals surface area contributed by atoms with Crippen molar-refractivity contribution in [3.8, 4) is 0 Å². The predicted octanol–water partition coefficient (Wildman–Crippen LogP) is 0.182. The van der Waals surface area contributed by atoms with Crippen molar-refractivity contribution >= 4 is 24.1 Å².